The van der Waals surface area contributed by atoms with E-state index in [0.29, 0.717) is 0 Å². The van der Waals surface area contributed by atoms with E-state index >= 15 is 0 Å². The van der Waals surface area contributed by atoms with E-state index in [1.165, 1.54) is 11.1 Å². The van der Waals surface area contributed by atoms with E-state index < -0.39 is 0 Å². The fourth-order valence-electron chi connectivity index (χ4n) is 2.07. The molecule has 1 N–H and O–H groups in total. The average molecular weight is 362 g/mol. The highest BCUT2D eigenvalue weighted by molar-refractivity contribution is 8.00. The van der Waals surface area contributed by atoms with Crippen molar-refractivity contribution in [3.63, 3.8) is 0 Å². The first-order valence-corrected chi connectivity index (χ1v) is 9.38. The molecule has 0 spiro atoms. The van der Waals surface area contributed by atoms with Crippen molar-refractivity contribution in [1.29, 1.82) is 0 Å². The smallest absolute Gasteiger partial charge is 0.206 e. The second-order valence-electron chi connectivity index (χ2n) is 5.03. The largest absolute Gasteiger partial charge is 0.356 e. The van der Waals surface area contributed by atoms with Crippen molar-refractivity contribution < 1.29 is 0 Å². The molecule has 118 valence electrons. The maximum atomic E-state index is 6.17. The fourth-order valence-corrected chi connectivity index (χ4v) is 4.11. The topological polar surface area (TPSA) is 37.8 Å². The third-order valence-corrected chi connectivity index (χ3v) is 5.84. The molecule has 2 aromatic carbocycles. The van der Waals surface area contributed by atoms with Gasteiger partial charge in [0.2, 0.25) is 5.13 Å². The van der Waals surface area contributed by atoms with Crippen LogP contribution in [0.2, 0.25) is 5.02 Å². The fraction of sp³-hybridized carbons (Fsp3) is 0.176. The van der Waals surface area contributed by atoms with E-state index in [4.69, 9.17) is 11.6 Å². The molecule has 3 rings (SSSR count). The molecule has 0 bridgehead atoms. The van der Waals surface area contributed by atoms with Crippen LogP contribution < -0.4 is 5.32 Å². The van der Waals surface area contributed by atoms with Gasteiger partial charge in [-0.15, -0.1) is 10.2 Å². The zero-order chi connectivity index (χ0) is 16.1. The van der Waals surface area contributed by atoms with Crippen LogP contribution in [0.15, 0.2) is 52.9 Å². The Morgan fingerprint density at radius 1 is 1.04 bits per heavy atom. The third-order valence-electron chi connectivity index (χ3n) is 3.41. The molecule has 0 saturated carbocycles. The highest BCUT2D eigenvalue weighted by atomic mass is 35.5. The Kier molecular flexibility index (Phi) is 5.54. The van der Waals surface area contributed by atoms with Crippen molar-refractivity contribution in [3.05, 3.63) is 70.2 Å². The number of anilines is 1. The Morgan fingerprint density at radius 3 is 2.57 bits per heavy atom. The molecule has 0 radical (unpaired) electrons. The summed E-state index contributed by atoms with van der Waals surface area (Å²) >= 11 is 9.39. The maximum Gasteiger partial charge on any atom is 0.206 e. The number of nitrogens with one attached hydrogen (secondary N) is 1. The van der Waals surface area contributed by atoms with Gasteiger partial charge in [0.05, 0.1) is 0 Å². The van der Waals surface area contributed by atoms with E-state index in [1.54, 1.807) is 23.1 Å². The van der Waals surface area contributed by atoms with E-state index in [2.05, 4.69) is 40.6 Å². The third kappa shape index (κ3) is 4.47. The number of rotatable bonds is 6. The summed E-state index contributed by atoms with van der Waals surface area (Å²) in [5, 5.41) is 13.4. The van der Waals surface area contributed by atoms with Crippen molar-refractivity contribution in [1.82, 2.24) is 10.2 Å². The molecule has 0 atom stereocenters. The summed E-state index contributed by atoms with van der Waals surface area (Å²) in [6, 6.07) is 16.2. The molecule has 23 heavy (non-hydrogen) atoms. The van der Waals surface area contributed by atoms with E-state index in [-0.39, 0.29) is 0 Å². The predicted molar refractivity (Wildman–Crippen MR) is 99.4 cm³/mol. The summed E-state index contributed by atoms with van der Waals surface area (Å²) in [6.07, 6.45) is 0. The second kappa shape index (κ2) is 7.81. The monoisotopic (exact) mass is 361 g/mol. The Morgan fingerprint density at radius 2 is 1.78 bits per heavy atom. The van der Waals surface area contributed by atoms with Gasteiger partial charge in [0.25, 0.3) is 0 Å². The van der Waals surface area contributed by atoms with E-state index in [0.717, 1.165) is 32.4 Å². The molecule has 3 aromatic rings. The van der Waals surface area contributed by atoms with Gasteiger partial charge in [-0.1, -0.05) is 77.2 Å². The van der Waals surface area contributed by atoms with Crippen LogP contribution in [0.3, 0.4) is 0 Å². The molecule has 0 unspecified atom stereocenters. The summed E-state index contributed by atoms with van der Waals surface area (Å²) < 4.78 is 0.942. The minimum atomic E-state index is 0.760. The van der Waals surface area contributed by atoms with Crippen molar-refractivity contribution in [3.8, 4) is 0 Å². The lowest BCUT2D eigenvalue weighted by Gasteiger charge is -2.05. The average Bonchev–Trinajstić information content (AvgIpc) is 3.01. The van der Waals surface area contributed by atoms with E-state index in [9.17, 15) is 0 Å². The molecule has 1 heterocycles. The first kappa shape index (κ1) is 16.3. The zero-order valence-electron chi connectivity index (χ0n) is 12.6. The molecule has 0 aliphatic heterocycles. The number of benzene rings is 2. The summed E-state index contributed by atoms with van der Waals surface area (Å²) in [5.74, 6) is 0.798. The molecule has 6 heteroatoms. The van der Waals surface area contributed by atoms with Crippen LogP contribution in [-0.2, 0) is 12.3 Å². The molecule has 0 aliphatic rings. The van der Waals surface area contributed by atoms with Crippen molar-refractivity contribution >= 4 is 39.8 Å². The van der Waals surface area contributed by atoms with Gasteiger partial charge < -0.3 is 5.32 Å². The molecule has 0 saturated heterocycles. The first-order valence-electron chi connectivity index (χ1n) is 7.20. The number of hydrogen-bond acceptors (Lipinski definition) is 5. The van der Waals surface area contributed by atoms with E-state index in [1.807, 2.05) is 30.3 Å². The lowest BCUT2D eigenvalue weighted by molar-refractivity contribution is 0.993. The summed E-state index contributed by atoms with van der Waals surface area (Å²) in [7, 11) is 0. The maximum absolute atomic E-state index is 6.17. The van der Waals surface area contributed by atoms with Gasteiger partial charge >= 0.3 is 0 Å². The normalized spacial score (nSPS) is 10.7. The Bertz CT molecular complexity index is 725. The molecule has 3 nitrogen and oxygen atoms in total. The molecule has 0 fully saturated rings. The first-order chi connectivity index (χ1) is 11.2. The van der Waals surface area contributed by atoms with Gasteiger partial charge in [-0.05, 0) is 29.7 Å². The summed E-state index contributed by atoms with van der Waals surface area (Å²) in [6.45, 7) is 2.87. The van der Waals surface area contributed by atoms with Crippen LogP contribution in [0.1, 0.15) is 16.7 Å². The number of halogens is 1. The van der Waals surface area contributed by atoms with Crippen LogP contribution in [0.5, 0.6) is 0 Å². The van der Waals surface area contributed by atoms with Gasteiger partial charge in [-0.3, -0.25) is 0 Å². The Hall–Kier alpha value is -1.56. The van der Waals surface area contributed by atoms with Crippen molar-refractivity contribution in [2.75, 3.05) is 5.32 Å². The minimum Gasteiger partial charge on any atom is -0.356 e. The SMILES string of the molecule is Cc1ccccc1CNc1nnc(SCc2ccccc2Cl)s1. The predicted octanol–water partition coefficient (Wildman–Crippen LogP) is 5.40. The Balaban J connectivity index is 1.56. The van der Waals surface area contributed by atoms with Crippen LogP contribution in [0.25, 0.3) is 0 Å². The molecule has 1 aromatic heterocycles. The number of hydrogen-bond donors (Lipinski definition) is 1. The molecule has 0 aliphatic carbocycles. The van der Waals surface area contributed by atoms with Crippen LogP contribution >= 0.6 is 34.7 Å². The minimum absolute atomic E-state index is 0.760. The van der Waals surface area contributed by atoms with Gasteiger partial charge in [0.1, 0.15) is 0 Å². The lowest BCUT2D eigenvalue weighted by Crippen LogP contribution is -2.00. The highest BCUT2D eigenvalue weighted by Crippen LogP contribution is 2.30. The molecular formula is C17H16ClN3S2. The standard InChI is InChI=1S/C17H16ClN3S2/c1-12-6-2-3-7-13(12)10-19-16-20-21-17(23-16)22-11-14-8-4-5-9-15(14)18/h2-9H,10-11H2,1H3,(H,19,20). The Labute approximate surface area is 149 Å². The highest BCUT2D eigenvalue weighted by Gasteiger charge is 2.07. The van der Waals surface area contributed by atoms with Crippen molar-refractivity contribution in [2.45, 2.75) is 23.6 Å². The number of aryl methyl sites for hydroxylation is 1. The number of aromatic nitrogens is 2. The van der Waals surface area contributed by atoms with Gasteiger partial charge in [-0.25, -0.2) is 0 Å². The quantitative estimate of drug-likeness (QED) is 0.596. The van der Waals surface area contributed by atoms with Gasteiger partial charge in [0.15, 0.2) is 4.34 Å². The molecular weight excluding hydrogens is 346 g/mol. The van der Waals surface area contributed by atoms with Crippen molar-refractivity contribution in [2.24, 2.45) is 0 Å². The number of nitrogens with zero attached hydrogens (tertiary/aromatic N) is 2. The van der Waals surface area contributed by atoms with Gasteiger partial charge in [-0.2, -0.15) is 0 Å². The summed E-state index contributed by atoms with van der Waals surface area (Å²) in [5.41, 5.74) is 3.66. The van der Waals surface area contributed by atoms with Gasteiger partial charge in [0, 0.05) is 17.3 Å². The summed E-state index contributed by atoms with van der Waals surface area (Å²) in [4.78, 5) is 0. The second-order valence-corrected chi connectivity index (χ2v) is 7.64. The molecule has 0 amide bonds. The van der Waals surface area contributed by atoms with Crippen LogP contribution in [0, 0.1) is 6.92 Å². The van der Waals surface area contributed by atoms with Crippen LogP contribution in [0.4, 0.5) is 5.13 Å². The zero-order valence-corrected chi connectivity index (χ0v) is 15.0. The number of thioether (sulfide) groups is 1. The lowest BCUT2D eigenvalue weighted by atomic mass is 10.1. The van der Waals surface area contributed by atoms with Crippen LogP contribution in [-0.4, -0.2) is 10.2 Å².